The van der Waals surface area contributed by atoms with Crippen molar-refractivity contribution in [3.63, 3.8) is 0 Å². The van der Waals surface area contributed by atoms with E-state index in [1.54, 1.807) is 0 Å². The highest BCUT2D eigenvalue weighted by Gasteiger charge is 2.52. The minimum absolute atomic E-state index is 0. The first-order valence-electron chi connectivity index (χ1n) is 10.8. The van der Waals surface area contributed by atoms with Crippen LogP contribution in [0.4, 0.5) is 0 Å². The fourth-order valence-electron chi connectivity index (χ4n) is 3.69. The normalized spacial score (nSPS) is 13.2. The summed E-state index contributed by atoms with van der Waals surface area (Å²) in [7, 11) is -47.0. The van der Waals surface area contributed by atoms with E-state index in [-0.39, 0.29) is 108 Å². The molecule has 0 aliphatic carbocycles. The second kappa shape index (κ2) is 38.7. The average molecular weight is 1080 g/mol. The van der Waals surface area contributed by atoms with Crippen molar-refractivity contribution in [1.82, 2.24) is 108 Å². The molecule has 0 aromatic carbocycles. The van der Waals surface area contributed by atoms with Gasteiger partial charge in [0.2, 0.25) is 0 Å². The van der Waals surface area contributed by atoms with Crippen LogP contribution in [0.2, 0.25) is 0 Å². The van der Waals surface area contributed by atoms with Crippen molar-refractivity contribution in [2.24, 2.45) is 0 Å². The number of nitrogens with zero attached hydrogens (tertiary/aromatic N) is 2. The Kier molecular flexibility index (Phi) is 73.0. The Hall–Kier alpha value is 0.480. The molecule has 0 spiro atoms. The summed E-state index contributed by atoms with van der Waals surface area (Å²) < 4.78 is 95.7. The van der Waals surface area contributed by atoms with Gasteiger partial charge in [-0.15, -0.1) is 0 Å². The van der Waals surface area contributed by atoms with Crippen molar-refractivity contribution in [1.29, 1.82) is 0 Å². The van der Waals surface area contributed by atoms with E-state index in [0.29, 0.717) is 0 Å². The molecule has 0 aliphatic heterocycles. The first kappa shape index (κ1) is 113. The van der Waals surface area contributed by atoms with Crippen LogP contribution in [0.5, 0.6) is 0 Å². The molecular weight excluding hydrogens is 1000 g/mol. The van der Waals surface area contributed by atoms with Crippen molar-refractivity contribution >= 4 is 60.8 Å². The van der Waals surface area contributed by atoms with Crippen LogP contribution in [0, 0.1) is 0 Å². The Balaban J connectivity index is -0.0000000770. The largest absolute Gasteiger partial charge is 0.344 e. The van der Waals surface area contributed by atoms with Gasteiger partial charge >= 0.3 is 60.8 Å². The first-order valence-corrected chi connectivity index (χ1v) is 24.7. The topological polar surface area (TPSA) is 1030 Å². The molecule has 42 nitrogen and oxygen atoms in total. The van der Waals surface area contributed by atoms with Crippen LogP contribution in [-0.4, -0.2) is 149 Å². The minimum Gasteiger partial charge on any atom is -0.344 e. The lowest BCUT2D eigenvalue weighted by molar-refractivity contribution is 0.132. The average Bonchev–Trinajstić information content (AvgIpc) is 2.66. The van der Waals surface area contributed by atoms with Crippen LogP contribution in [0.1, 0.15) is 0 Å². The fraction of sp³-hybridized carbons (Fsp3) is 1.00. The predicted molar refractivity (Wildman–Crippen MR) is 225 cm³/mol. The zero-order valence-electron chi connectivity index (χ0n) is 32.8. The smallest absolute Gasteiger partial charge is 0.343 e. The van der Waals surface area contributed by atoms with Gasteiger partial charge in [0, 0.05) is 13.1 Å². The molecule has 4 unspecified atom stereocenters. The molecule has 4 atom stereocenters. The van der Waals surface area contributed by atoms with Crippen molar-refractivity contribution in [2.75, 3.05) is 37.7 Å². The van der Waals surface area contributed by atoms with Gasteiger partial charge < -0.3 is 177 Å². The Bertz CT molecular complexity index is 1210. The van der Waals surface area contributed by atoms with Gasteiger partial charge in [0.05, 0.1) is 24.6 Å². The van der Waals surface area contributed by atoms with Gasteiger partial charge in [-0.05, 0) is 0 Å². The molecule has 0 aromatic rings. The summed E-state index contributed by atoms with van der Waals surface area (Å²) in [4.78, 5) is 152. The molecule has 64 N–H and O–H groups in total. The summed E-state index contributed by atoms with van der Waals surface area (Å²) in [5.74, 6) is -12.5. The lowest BCUT2D eigenvalue weighted by atomic mass is 10.4. The van der Waals surface area contributed by atoms with Crippen LogP contribution in [0.15, 0.2) is 0 Å². The fourth-order valence-corrected chi connectivity index (χ4v) is 15.1. The first-order chi connectivity index (χ1) is 18.9. The van der Waals surface area contributed by atoms with E-state index in [1.165, 1.54) is 0 Å². The molecule has 0 radical (unpaired) electrons. The van der Waals surface area contributed by atoms with E-state index in [4.69, 9.17) is 0 Å². The van der Waals surface area contributed by atoms with Crippen LogP contribution in [0.25, 0.3) is 0 Å². The van der Waals surface area contributed by atoms with E-state index in [0.717, 1.165) is 0 Å². The Morgan fingerprint density at radius 1 is 0.250 bits per heavy atom. The van der Waals surface area contributed by atoms with Gasteiger partial charge in [0.25, 0.3) is 0 Å². The van der Waals surface area contributed by atoms with E-state index in [9.17, 15) is 115 Å². The maximum Gasteiger partial charge on any atom is 0.343 e. The van der Waals surface area contributed by atoms with Crippen molar-refractivity contribution < 1.29 is 115 Å². The van der Waals surface area contributed by atoms with Gasteiger partial charge in [-0.1, -0.05) is 0 Å². The number of hydrogen-bond acceptors (Lipinski definition) is 26. The van der Waals surface area contributed by atoms with Gasteiger partial charge in [-0.2, -0.15) is 0 Å². The van der Waals surface area contributed by atoms with Gasteiger partial charge in [-0.3, -0.25) is 46.3 Å². The van der Waals surface area contributed by atoms with E-state index in [1.807, 2.05) is 0 Å². The zero-order valence-corrected chi connectivity index (χ0v) is 39.9. The second-order valence-corrected chi connectivity index (χ2v) is 23.0. The highest BCUT2D eigenvalue weighted by Crippen LogP contribution is 2.59. The molecule has 0 heterocycles. The van der Waals surface area contributed by atoms with Crippen LogP contribution >= 0.6 is 60.8 Å². The molecule has 0 bridgehead atoms. The summed E-state index contributed by atoms with van der Waals surface area (Å²) in [6.45, 7) is -3.50. The SMILES string of the molecule is N.N.N.N.N.N.N.N.N.N.N.N.N.N.N.N.O=P(O)(O)CC(N(CCN(C(CP(=O)(O)O)P(=O)(O)O)C(CP(=O)(O)O)P(=O)(O)O)C(CP(=O)(O)O)P(=O)(O)O)P(=O)(O)O. The van der Waals surface area contributed by atoms with Crippen LogP contribution in [0.3, 0.4) is 0 Å². The molecule has 0 saturated heterocycles. The van der Waals surface area contributed by atoms with Gasteiger partial charge in [0.15, 0.2) is 0 Å². The molecule has 50 heteroatoms. The van der Waals surface area contributed by atoms with E-state index in [2.05, 4.69) is 0 Å². The Morgan fingerprint density at radius 3 is 0.417 bits per heavy atom. The lowest BCUT2D eigenvalue weighted by Crippen LogP contribution is -2.53. The molecule has 0 fully saturated rings. The molecule has 60 heavy (non-hydrogen) atoms. The third-order valence-corrected chi connectivity index (χ3v) is 14.8. The molecule has 394 valence electrons. The van der Waals surface area contributed by atoms with Crippen molar-refractivity contribution in [2.45, 2.75) is 23.1 Å². The van der Waals surface area contributed by atoms with Crippen molar-refractivity contribution in [3.8, 4) is 0 Å². The van der Waals surface area contributed by atoms with Gasteiger partial charge in [0.1, 0.15) is 23.1 Å². The molecule has 0 aliphatic rings. The predicted octanol–water partition coefficient (Wildman–Crippen LogP) is -1.09. The summed E-state index contributed by atoms with van der Waals surface area (Å²) in [5, 5.41) is 0. The van der Waals surface area contributed by atoms with Crippen molar-refractivity contribution in [3.05, 3.63) is 0 Å². The summed E-state index contributed by atoms with van der Waals surface area (Å²) in [6, 6.07) is 0. The highest BCUT2D eigenvalue weighted by molar-refractivity contribution is 7.58. The molecule has 0 amide bonds. The summed E-state index contributed by atoms with van der Waals surface area (Å²) >= 11 is 0. The van der Waals surface area contributed by atoms with Crippen LogP contribution < -0.4 is 98.4 Å². The number of hydrogen-bond donors (Lipinski definition) is 32. The maximum atomic E-state index is 12.2. The van der Waals surface area contributed by atoms with E-state index >= 15 is 0 Å². The molecule has 0 aromatic heterocycles. The second-order valence-electron chi connectivity index (χ2n) is 9.14. The molecular formula is C10H80N18O24P8. The maximum absolute atomic E-state index is 12.2. The highest BCUT2D eigenvalue weighted by atomic mass is 31.2. The summed E-state index contributed by atoms with van der Waals surface area (Å²) in [6.07, 6.45) is -8.15. The lowest BCUT2D eigenvalue weighted by Gasteiger charge is -2.42. The van der Waals surface area contributed by atoms with Crippen LogP contribution in [-0.2, 0) is 36.5 Å². The Morgan fingerprint density at radius 2 is 0.350 bits per heavy atom. The standard InChI is InChI=1S/C10H32N2O24P8.16H3N/c13-37(14,15)3-7(41(25,26)27)11(8(42(28,29)30)4-38(16,17)18)1-2-12(9(43(31,32)33)5-39(19,20)21)10(44(34,35)36)6-40(22,23)24;;;;;;;;;;;;;;;;/h7-10H,1-6H2,(H2,13,14,15)(H2,16,17,18)(H2,19,20,21)(H2,22,23,24)(H2,25,26,27)(H2,28,29,30)(H2,31,32,33)(H2,34,35,36);16*1H3. The quantitative estimate of drug-likeness (QED) is 0.0683. The third kappa shape index (κ3) is 45.1. The third-order valence-electron chi connectivity index (χ3n) is 5.31. The molecule has 0 rings (SSSR count). The Labute approximate surface area is 344 Å². The van der Waals surface area contributed by atoms with Gasteiger partial charge in [-0.25, -0.2) is 0 Å². The monoisotopic (exact) mass is 1080 g/mol. The zero-order chi connectivity index (χ0) is 35.7. The van der Waals surface area contributed by atoms with E-state index < -0.39 is 122 Å². The molecule has 0 saturated carbocycles. The summed E-state index contributed by atoms with van der Waals surface area (Å²) in [5.41, 5.74) is 0. The number of rotatable bonds is 19. The minimum atomic E-state index is -6.09.